The van der Waals surface area contributed by atoms with Crippen LogP contribution in [0, 0.1) is 0 Å². The van der Waals surface area contributed by atoms with E-state index in [2.05, 4.69) is 15.1 Å². The summed E-state index contributed by atoms with van der Waals surface area (Å²) >= 11 is 1.36. The van der Waals surface area contributed by atoms with Gasteiger partial charge in [-0.25, -0.2) is 4.89 Å². The fourth-order valence-electron chi connectivity index (χ4n) is 1.18. The van der Waals surface area contributed by atoms with Crippen LogP contribution in [-0.4, -0.2) is 50.5 Å². The Balaban J connectivity index is 1.91. The van der Waals surface area contributed by atoms with Crippen molar-refractivity contribution in [3.05, 3.63) is 0 Å². The van der Waals surface area contributed by atoms with Crippen LogP contribution in [0.5, 0.6) is 0 Å². The average Bonchev–Trinajstić information content (AvgIpc) is 2.14. The first-order valence-electron chi connectivity index (χ1n) is 4.19. The topological polar surface area (TPSA) is 33.7 Å². The van der Waals surface area contributed by atoms with Crippen molar-refractivity contribution in [1.29, 1.82) is 0 Å². The fraction of sp³-hybridized carbons (Fsp3) is 1.00. The monoisotopic (exact) mass is 192 g/mol. The van der Waals surface area contributed by atoms with Crippen molar-refractivity contribution in [1.82, 2.24) is 10.2 Å². The maximum atomic E-state index is 4.70. The van der Waals surface area contributed by atoms with Crippen molar-refractivity contribution in [3.63, 3.8) is 0 Å². The quantitative estimate of drug-likeness (QED) is 0.289. The first kappa shape index (κ1) is 10.3. The summed E-state index contributed by atoms with van der Waals surface area (Å²) in [6.07, 6.45) is 0. The zero-order chi connectivity index (χ0) is 8.65. The third kappa shape index (κ3) is 4.27. The molecule has 0 aromatic carbocycles. The minimum absolute atomic E-state index is 0.966. The van der Waals surface area contributed by atoms with Gasteiger partial charge in [-0.05, 0) is 0 Å². The van der Waals surface area contributed by atoms with Crippen LogP contribution in [0.4, 0.5) is 0 Å². The molecule has 1 fully saturated rings. The lowest BCUT2D eigenvalue weighted by molar-refractivity contribution is -0.160. The minimum Gasteiger partial charge on any atom is -0.314 e. The predicted molar refractivity (Wildman–Crippen MR) is 49.9 cm³/mol. The first-order chi connectivity index (χ1) is 5.93. The van der Waals surface area contributed by atoms with Crippen LogP contribution in [-0.2, 0) is 9.22 Å². The fourth-order valence-corrected chi connectivity index (χ4v) is 1.68. The van der Waals surface area contributed by atoms with Gasteiger partial charge in [0.2, 0.25) is 0 Å². The van der Waals surface area contributed by atoms with Crippen LogP contribution in [0.15, 0.2) is 0 Å². The summed E-state index contributed by atoms with van der Waals surface area (Å²) in [4.78, 5) is 6.88. The second-order valence-corrected chi connectivity index (χ2v) is 3.43. The molecule has 0 bridgehead atoms. The molecule has 4 nitrogen and oxygen atoms in total. The molecule has 0 radical (unpaired) electrons. The van der Waals surface area contributed by atoms with Gasteiger partial charge in [0.15, 0.2) is 0 Å². The van der Waals surface area contributed by atoms with Crippen LogP contribution < -0.4 is 5.32 Å². The van der Waals surface area contributed by atoms with E-state index in [1.54, 1.807) is 0 Å². The van der Waals surface area contributed by atoms with Crippen LogP contribution in [0.3, 0.4) is 0 Å². The van der Waals surface area contributed by atoms with Crippen molar-refractivity contribution >= 4 is 12.0 Å². The summed E-state index contributed by atoms with van der Waals surface area (Å²) < 4.78 is 4.70. The zero-order valence-electron chi connectivity index (χ0n) is 7.41. The number of hydrogen-bond acceptors (Lipinski definition) is 5. The van der Waals surface area contributed by atoms with E-state index in [9.17, 15) is 0 Å². The van der Waals surface area contributed by atoms with E-state index in [4.69, 9.17) is 4.33 Å². The molecule has 0 aliphatic carbocycles. The Morgan fingerprint density at radius 1 is 1.42 bits per heavy atom. The van der Waals surface area contributed by atoms with E-state index in [1.165, 1.54) is 19.2 Å². The lowest BCUT2D eigenvalue weighted by Crippen LogP contribution is -2.44. The molecule has 1 heterocycles. The molecule has 0 unspecified atom stereocenters. The highest BCUT2D eigenvalue weighted by Crippen LogP contribution is 2.03. The van der Waals surface area contributed by atoms with Crippen LogP contribution >= 0.6 is 12.0 Å². The number of rotatable bonds is 5. The minimum atomic E-state index is 0.966. The maximum absolute atomic E-state index is 4.70. The Morgan fingerprint density at radius 2 is 2.17 bits per heavy atom. The molecule has 0 spiro atoms. The molecule has 12 heavy (non-hydrogen) atoms. The number of hydrogen-bond donors (Lipinski definition) is 1. The van der Waals surface area contributed by atoms with E-state index in [0.29, 0.717) is 0 Å². The normalized spacial score (nSPS) is 19.8. The van der Waals surface area contributed by atoms with Gasteiger partial charge in [-0.2, -0.15) is 4.33 Å². The summed E-state index contributed by atoms with van der Waals surface area (Å²) in [5, 5.41) is 3.31. The Bertz CT molecular complexity index is 110. The van der Waals surface area contributed by atoms with Crippen molar-refractivity contribution in [3.8, 4) is 0 Å². The Labute approximate surface area is 77.7 Å². The van der Waals surface area contributed by atoms with E-state index in [0.717, 1.165) is 38.5 Å². The van der Waals surface area contributed by atoms with Gasteiger partial charge in [-0.15, -0.1) is 0 Å². The number of nitrogens with one attached hydrogen (secondary N) is 1. The molecule has 0 amide bonds. The van der Waals surface area contributed by atoms with Crippen LogP contribution in [0.1, 0.15) is 0 Å². The second kappa shape index (κ2) is 6.68. The van der Waals surface area contributed by atoms with Crippen molar-refractivity contribution in [2.24, 2.45) is 0 Å². The summed E-state index contributed by atoms with van der Waals surface area (Å²) in [6, 6.07) is 0. The van der Waals surface area contributed by atoms with E-state index >= 15 is 0 Å². The van der Waals surface area contributed by atoms with Gasteiger partial charge in [0, 0.05) is 50.5 Å². The molecular weight excluding hydrogens is 176 g/mol. The summed E-state index contributed by atoms with van der Waals surface area (Å²) in [6.45, 7) is 5.59. The van der Waals surface area contributed by atoms with Crippen molar-refractivity contribution < 1.29 is 9.22 Å². The van der Waals surface area contributed by atoms with Crippen molar-refractivity contribution in [2.75, 3.05) is 45.6 Å². The zero-order valence-corrected chi connectivity index (χ0v) is 8.23. The largest absolute Gasteiger partial charge is 0.314 e. The van der Waals surface area contributed by atoms with Gasteiger partial charge in [0.1, 0.15) is 0 Å². The van der Waals surface area contributed by atoms with Gasteiger partial charge in [-0.3, -0.25) is 4.90 Å². The predicted octanol–water partition coefficient (Wildman–Crippen LogP) is 0.118. The van der Waals surface area contributed by atoms with E-state index < -0.39 is 0 Å². The van der Waals surface area contributed by atoms with E-state index in [1.807, 2.05) is 0 Å². The third-order valence-corrected chi connectivity index (χ3v) is 2.40. The number of piperazine rings is 1. The van der Waals surface area contributed by atoms with Crippen LogP contribution in [0.2, 0.25) is 0 Å². The van der Waals surface area contributed by atoms with Crippen LogP contribution in [0.25, 0.3) is 0 Å². The highest BCUT2D eigenvalue weighted by Gasteiger charge is 2.08. The molecule has 1 N–H and O–H groups in total. The molecule has 1 aliphatic rings. The maximum Gasteiger partial charge on any atom is 0.0725 e. The number of nitrogens with zero attached hydrogens (tertiary/aromatic N) is 1. The molecule has 1 aliphatic heterocycles. The van der Waals surface area contributed by atoms with Gasteiger partial charge in [-0.1, -0.05) is 0 Å². The molecule has 0 saturated carbocycles. The smallest absolute Gasteiger partial charge is 0.0725 e. The molecular formula is C7H16N2O2S. The Hall–Kier alpha value is 0.190. The molecule has 72 valence electrons. The highest BCUT2D eigenvalue weighted by molar-refractivity contribution is 7.94. The highest BCUT2D eigenvalue weighted by atomic mass is 32.2. The third-order valence-electron chi connectivity index (χ3n) is 1.82. The molecule has 1 saturated heterocycles. The standard InChI is InChI=1S/C7H16N2O2S/c1-10-11-12-7-6-9-4-2-8-3-5-9/h8H,2-7H2,1H3. The summed E-state index contributed by atoms with van der Waals surface area (Å²) in [7, 11) is 1.53. The van der Waals surface area contributed by atoms with Gasteiger partial charge < -0.3 is 5.32 Å². The van der Waals surface area contributed by atoms with E-state index in [-0.39, 0.29) is 0 Å². The average molecular weight is 192 g/mol. The Morgan fingerprint density at radius 3 is 2.83 bits per heavy atom. The van der Waals surface area contributed by atoms with Gasteiger partial charge in [0.25, 0.3) is 0 Å². The SMILES string of the molecule is COOSCCN1CCNCC1. The molecule has 0 atom stereocenters. The molecule has 1 rings (SSSR count). The Kier molecular flexibility index (Phi) is 5.72. The summed E-state index contributed by atoms with van der Waals surface area (Å²) in [5.74, 6) is 0.966. The first-order valence-corrected chi connectivity index (χ1v) is 5.10. The lowest BCUT2D eigenvalue weighted by Gasteiger charge is -2.26. The van der Waals surface area contributed by atoms with Gasteiger partial charge in [0.05, 0.1) is 7.11 Å². The molecule has 0 aromatic heterocycles. The van der Waals surface area contributed by atoms with Gasteiger partial charge >= 0.3 is 0 Å². The molecule has 5 heteroatoms. The summed E-state index contributed by atoms with van der Waals surface area (Å²) in [5.41, 5.74) is 0. The lowest BCUT2D eigenvalue weighted by atomic mass is 10.4. The molecule has 0 aromatic rings. The van der Waals surface area contributed by atoms with Crippen molar-refractivity contribution in [2.45, 2.75) is 0 Å². The second-order valence-electron chi connectivity index (χ2n) is 2.65.